The summed E-state index contributed by atoms with van der Waals surface area (Å²) in [5.41, 5.74) is 9.59. The smallest absolute Gasteiger partial charge is 0.0305 e. The van der Waals surface area contributed by atoms with E-state index in [1.807, 2.05) is 0 Å². The molecule has 0 radical (unpaired) electrons. The van der Waals surface area contributed by atoms with Crippen molar-refractivity contribution >= 4 is 0 Å². The van der Waals surface area contributed by atoms with E-state index in [2.05, 4.69) is 38.3 Å². The maximum Gasteiger partial charge on any atom is 0.0305 e. The third-order valence-electron chi connectivity index (χ3n) is 2.84. The summed E-state index contributed by atoms with van der Waals surface area (Å²) in [5, 5.41) is 0. The van der Waals surface area contributed by atoms with Crippen LogP contribution in [0.4, 0.5) is 0 Å². The molecule has 13 heavy (non-hydrogen) atoms. The van der Waals surface area contributed by atoms with Gasteiger partial charge in [-0.25, -0.2) is 0 Å². The van der Waals surface area contributed by atoms with Crippen molar-refractivity contribution in [1.82, 2.24) is 4.57 Å². The Kier molecular flexibility index (Phi) is 3.15. The molecule has 0 fully saturated rings. The first-order valence-electron chi connectivity index (χ1n) is 4.99. The third-order valence-corrected chi connectivity index (χ3v) is 2.84. The lowest BCUT2D eigenvalue weighted by Crippen LogP contribution is -2.08. The lowest BCUT2D eigenvalue weighted by Gasteiger charge is -2.16. The highest BCUT2D eigenvalue weighted by atomic mass is 15.0. The van der Waals surface area contributed by atoms with Gasteiger partial charge in [0.15, 0.2) is 0 Å². The third kappa shape index (κ3) is 1.78. The Labute approximate surface area is 80.7 Å². The van der Waals surface area contributed by atoms with Gasteiger partial charge in [0.2, 0.25) is 0 Å². The molecule has 0 unspecified atom stereocenters. The first-order chi connectivity index (χ1) is 6.11. The number of rotatable bonds is 3. The minimum absolute atomic E-state index is 0.584. The van der Waals surface area contributed by atoms with Crippen LogP contribution < -0.4 is 5.73 Å². The molecule has 0 amide bonds. The van der Waals surface area contributed by atoms with Crippen LogP contribution in [0.2, 0.25) is 0 Å². The predicted molar refractivity (Wildman–Crippen MR) is 56.8 cm³/mol. The molecule has 0 aliphatic rings. The molecule has 0 aromatic carbocycles. The SMILES string of the molecule is CC[C@@H](C)n1c(C)cc(CN)c1C. The molecule has 0 saturated heterocycles. The predicted octanol–water partition coefficient (Wildman–Crippen LogP) is 2.53. The molecule has 2 heteroatoms. The number of nitrogens with two attached hydrogens (primary N) is 1. The maximum atomic E-state index is 5.66. The lowest BCUT2D eigenvalue weighted by molar-refractivity contribution is 0.510. The van der Waals surface area contributed by atoms with Crippen LogP contribution in [0.5, 0.6) is 0 Å². The van der Waals surface area contributed by atoms with Gasteiger partial charge < -0.3 is 10.3 Å². The van der Waals surface area contributed by atoms with Gasteiger partial charge in [0, 0.05) is 24.0 Å². The molecule has 1 rings (SSSR count). The Morgan fingerprint density at radius 1 is 1.46 bits per heavy atom. The Balaban J connectivity index is 3.12. The molecule has 1 atom stereocenters. The monoisotopic (exact) mass is 180 g/mol. The highest BCUT2D eigenvalue weighted by Crippen LogP contribution is 2.21. The van der Waals surface area contributed by atoms with Crippen molar-refractivity contribution in [2.75, 3.05) is 0 Å². The van der Waals surface area contributed by atoms with Crippen molar-refractivity contribution < 1.29 is 0 Å². The Morgan fingerprint density at radius 2 is 2.08 bits per heavy atom. The number of hydrogen-bond acceptors (Lipinski definition) is 1. The van der Waals surface area contributed by atoms with Gasteiger partial charge in [0.1, 0.15) is 0 Å². The summed E-state index contributed by atoms with van der Waals surface area (Å²) in [7, 11) is 0. The summed E-state index contributed by atoms with van der Waals surface area (Å²) >= 11 is 0. The topological polar surface area (TPSA) is 30.9 Å². The van der Waals surface area contributed by atoms with Crippen molar-refractivity contribution in [2.24, 2.45) is 5.73 Å². The average Bonchev–Trinajstić information content (AvgIpc) is 2.40. The van der Waals surface area contributed by atoms with Crippen molar-refractivity contribution in [3.8, 4) is 0 Å². The summed E-state index contributed by atoms with van der Waals surface area (Å²) in [6.07, 6.45) is 1.17. The average molecular weight is 180 g/mol. The van der Waals surface area contributed by atoms with E-state index < -0.39 is 0 Å². The van der Waals surface area contributed by atoms with E-state index in [4.69, 9.17) is 5.73 Å². The molecular formula is C11H20N2. The Bertz CT molecular complexity index is 287. The van der Waals surface area contributed by atoms with Crippen LogP contribution in [0.25, 0.3) is 0 Å². The molecule has 2 nitrogen and oxygen atoms in total. The van der Waals surface area contributed by atoms with Gasteiger partial charge in [-0.2, -0.15) is 0 Å². The zero-order chi connectivity index (χ0) is 10.0. The minimum atomic E-state index is 0.584. The number of nitrogens with zero attached hydrogens (tertiary/aromatic N) is 1. The molecule has 0 bridgehead atoms. The summed E-state index contributed by atoms with van der Waals surface area (Å²) in [5.74, 6) is 0. The van der Waals surface area contributed by atoms with Crippen LogP contribution in [-0.2, 0) is 6.54 Å². The van der Waals surface area contributed by atoms with Gasteiger partial charge in [-0.3, -0.25) is 0 Å². The van der Waals surface area contributed by atoms with Crippen molar-refractivity contribution in [3.63, 3.8) is 0 Å². The van der Waals surface area contributed by atoms with Gasteiger partial charge in [-0.05, 0) is 38.8 Å². The molecule has 0 saturated carbocycles. The van der Waals surface area contributed by atoms with Gasteiger partial charge in [-0.15, -0.1) is 0 Å². The second-order valence-electron chi connectivity index (χ2n) is 3.73. The van der Waals surface area contributed by atoms with Crippen LogP contribution >= 0.6 is 0 Å². The first kappa shape index (κ1) is 10.3. The fraction of sp³-hybridized carbons (Fsp3) is 0.636. The summed E-state index contributed by atoms with van der Waals surface area (Å²) < 4.78 is 2.38. The normalized spacial score (nSPS) is 13.3. The number of hydrogen-bond donors (Lipinski definition) is 1. The van der Waals surface area contributed by atoms with Gasteiger partial charge >= 0.3 is 0 Å². The van der Waals surface area contributed by atoms with E-state index in [0.29, 0.717) is 12.6 Å². The fourth-order valence-corrected chi connectivity index (χ4v) is 1.91. The van der Waals surface area contributed by atoms with E-state index in [1.54, 1.807) is 0 Å². The molecule has 2 N–H and O–H groups in total. The highest BCUT2D eigenvalue weighted by Gasteiger charge is 2.11. The van der Waals surface area contributed by atoms with Crippen LogP contribution in [0.3, 0.4) is 0 Å². The van der Waals surface area contributed by atoms with E-state index in [1.165, 1.54) is 23.4 Å². The van der Waals surface area contributed by atoms with E-state index in [-0.39, 0.29) is 0 Å². The molecule has 74 valence electrons. The zero-order valence-electron chi connectivity index (χ0n) is 9.09. The second kappa shape index (κ2) is 3.97. The van der Waals surface area contributed by atoms with Crippen LogP contribution in [0.1, 0.15) is 43.3 Å². The lowest BCUT2D eigenvalue weighted by atomic mass is 10.2. The Hall–Kier alpha value is -0.760. The molecular weight excluding hydrogens is 160 g/mol. The highest BCUT2D eigenvalue weighted by molar-refractivity contribution is 5.27. The molecule has 0 aliphatic heterocycles. The molecule has 0 aliphatic carbocycles. The van der Waals surface area contributed by atoms with E-state index in [9.17, 15) is 0 Å². The van der Waals surface area contributed by atoms with Gasteiger partial charge in [0.25, 0.3) is 0 Å². The van der Waals surface area contributed by atoms with Crippen LogP contribution in [0.15, 0.2) is 6.07 Å². The molecule has 1 heterocycles. The van der Waals surface area contributed by atoms with Crippen LogP contribution in [-0.4, -0.2) is 4.57 Å². The first-order valence-corrected chi connectivity index (χ1v) is 4.99. The fourth-order valence-electron chi connectivity index (χ4n) is 1.91. The van der Waals surface area contributed by atoms with Crippen LogP contribution in [0, 0.1) is 13.8 Å². The summed E-state index contributed by atoms with van der Waals surface area (Å²) in [4.78, 5) is 0. The zero-order valence-corrected chi connectivity index (χ0v) is 9.09. The largest absolute Gasteiger partial charge is 0.346 e. The number of aryl methyl sites for hydroxylation is 1. The van der Waals surface area contributed by atoms with E-state index >= 15 is 0 Å². The summed E-state index contributed by atoms with van der Waals surface area (Å²) in [6.45, 7) is 9.42. The van der Waals surface area contributed by atoms with E-state index in [0.717, 1.165) is 0 Å². The van der Waals surface area contributed by atoms with Crippen molar-refractivity contribution in [1.29, 1.82) is 0 Å². The van der Waals surface area contributed by atoms with Gasteiger partial charge in [-0.1, -0.05) is 6.92 Å². The Morgan fingerprint density at radius 3 is 2.46 bits per heavy atom. The second-order valence-corrected chi connectivity index (χ2v) is 3.73. The van der Waals surface area contributed by atoms with Crippen molar-refractivity contribution in [2.45, 2.75) is 46.7 Å². The molecule has 1 aromatic rings. The van der Waals surface area contributed by atoms with Crippen molar-refractivity contribution in [3.05, 3.63) is 23.0 Å². The van der Waals surface area contributed by atoms with Gasteiger partial charge in [0.05, 0.1) is 0 Å². The summed E-state index contributed by atoms with van der Waals surface area (Å²) in [6, 6.07) is 2.78. The number of aromatic nitrogens is 1. The quantitative estimate of drug-likeness (QED) is 0.761. The molecule has 1 aromatic heterocycles. The standard InChI is InChI=1S/C11H20N2/c1-5-8(2)13-9(3)6-11(7-12)10(13)4/h6,8H,5,7,12H2,1-4H3/t8-/m1/s1. The molecule has 0 spiro atoms. The minimum Gasteiger partial charge on any atom is -0.346 e. The maximum absolute atomic E-state index is 5.66.